The number of hydrogen-bond donors (Lipinski definition) is 0. The maximum Gasteiger partial charge on any atom is 0.534 e. The highest BCUT2D eigenvalue weighted by Gasteiger charge is 2.67. The van der Waals surface area contributed by atoms with Crippen LogP contribution < -0.4 is 0 Å². The van der Waals surface area contributed by atoms with E-state index in [4.69, 9.17) is 0 Å². The molecule has 0 atom stereocenters. The molecule has 2 aliphatic carbocycles. The molecule has 0 heterocycles. The molecule has 11 heteroatoms. The summed E-state index contributed by atoms with van der Waals surface area (Å²) < 4.78 is 71.5. The highest BCUT2D eigenvalue weighted by atomic mass is 32.2. The maximum absolute atomic E-state index is 12.2. The van der Waals surface area contributed by atoms with Crippen molar-refractivity contribution in [3.63, 3.8) is 0 Å². The van der Waals surface area contributed by atoms with Gasteiger partial charge in [0.25, 0.3) is 0 Å². The Morgan fingerprint density at radius 3 is 1.91 bits per heavy atom. The van der Waals surface area contributed by atoms with Crippen LogP contribution in [-0.2, 0) is 33.4 Å². The van der Waals surface area contributed by atoms with E-state index in [1.807, 2.05) is 0 Å². The Morgan fingerprint density at radius 2 is 1.57 bits per heavy atom. The molecular weight excluding hydrogens is 345 g/mol. The van der Waals surface area contributed by atoms with E-state index >= 15 is 0 Å². The van der Waals surface area contributed by atoms with Crippen molar-refractivity contribution in [3.05, 3.63) is 11.8 Å². The molecule has 0 saturated heterocycles. The van der Waals surface area contributed by atoms with Crippen molar-refractivity contribution in [1.29, 1.82) is 0 Å². The lowest BCUT2D eigenvalue weighted by Crippen LogP contribution is -2.58. The van der Waals surface area contributed by atoms with Crippen LogP contribution in [-0.4, -0.2) is 40.1 Å². The Bertz CT molecular complexity index is 653. The number of halogens is 3. The predicted molar refractivity (Wildman–Crippen MR) is 66.9 cm³/mol. The average Bonchev–Trinajstić information content (AvgIpc) is 2.36. The second-order valence-electron chi connectivity index (χ2n) is 5.55. The molecule has 2 aliphatic rings. The van der Waals surface area contributed by atoms with E-state index in [-0.39, 0.29) is 25.0 Å². The zero-order valence-electron chi connectivity index (χ0n) is 12.1. The van der Waals surface area contributed by atoms with E-state index in [1.165, 1.54) is 6.08 Å². The number of methoxy groups -OCH3 is 2. The second-order valence-corrected chi connectivity index (χ2v) is 7.09. The summed E-state index contributed by atoms with van der Waals surface area (Å²) in [7, 11) is -3.52. The molecule has 0 unspecified atom stereocenters. The van der Waals surface area contributed by atoms with Gasteiger partial charge >= 0.3 is 27.6 Å². The second kappa shape index (κ2) is 5.11. The summed E-state index contributed by atoms with van der Waals surface area (Å²) in [6.07, 6.45) is 0.967. The third-order valence-corrected chi connectivity index (χ3v) is 4.95. The van der Waals surface area contributed by atoms with E-state index in [0.717, 1.165) is 14.2 Å². The molecule has 130 valence electrons. The summed E-state index contributed by atoms with van der Waals surface area (Å²) in [5.74, 6) is -1.98. The normalized spacial score (nSPS) is 21.5. The van der Waals surface area contributed by atoms with Gasteiger partial charge in [-0.05, 0) is 18.9 Å². The minimum absolute atomic E-state index is 0.0434. The van der Waals surface area contributed by atoms with Crippen molar-refractivity contribution in [2.45, 2.75) is 24.8 Å². The van der Waals surface area contributed by atoms with Crippen molar-refractivity contribution < 1.29 is 44.8 Å². The number of ether oxygens (including phenoxy) is 2. The Balaban J connectivity index is 2.10. The van der Waals surface area contributed by atoms with E-state index in [2.05, 4.69) is 13.7 Å². The molecule has 1 spiro atoms. The number of carbonyl (C=O) groups excluding carboxylic acids is 2. The average molecular weight is 358 g/mol. The molecule has 0 aliphatic heterocycles. The molecule has 0 N–H and O–H groups in total. The van der Waals surface area contributed by atoms with Gasteiger partial charge in [0.15, 0.2) is 5.41 Å². The highest BCUT2D eigenvalue weighted by molar-refractivity contribution is 7.87. The lowest BCUT2D eigenvalue weighted by Gasteiger charge is -2.54. The quantitative estimate of drug-likeness (QED) is 0.323. The van der Waals surface area contributed by atoms with Crippen LogP contribution in [0.2, 0.25) is 0 Å². The Kier molecular flexibility index (Phi) is 3.91. The van der Waals surface area contributed by atoms with Crippen LogP contribution in [0.1, 0.15) is 19.3 Å². The van der Waals surface area contributed by atoms with Gasteiger partial charge in [-0.15, -0.1) is 0 Å². The van der Waals surface area contributed by atoms with E-state index in [0.29, 0.717) is 0 Å². The first kappa shape index (κ1) is 17.6. The number of rotatable bonds is 4. The zero-order valence-corrected chi connectivity index (χ0v) is 12.9. The SMILES string of the molecule is COC(=O)C1(C(=O)OC)CC2(C=C(OS(=O)(=O)C(F)(F)F)C2)C1. The summed E-state index contributed by atoms with van der Waals surface area (Å²) in [5, 5.41) is 0. The van der Waals surface area contributed by atoms with Gasteiger partial charge in [0.05, 0.1) is 14.2 Å². The Hall–Kier alpha value is -1.78. The summed E-state index contributed by atoms with van der Waals surface area (Å²) in [6, 6.07) is 0. The lowest BCUT2D eigenvalue weighted by atomic mass is 9.48. The summed E-state index contributed by atoms with van der Waals surface area (Å²) in [4.78, 5) is 23.5. The third-order valence-electron chi connectivity index (χ3n) is 3.95. The first-order chi connectivity index (χ1) is 10.4. The summed E-state index contributed by atoms with van der Waals surface area (Å²) in [5.41, 5.74) is -7.80. The van der Waals surface area contributed by atoms with Gasteiger partial charge in [-0.25, -0.2) is 0 Å². The van der Waals surface area contributed by atoms with Gasteiger partial charge in [0.1, 0.15) is 5.76 Å². The molecule has 7 nitrogen and oxygen atoms in total. The molecule has 0 aromatic rings. The lowest BCUT2D eigenvalue weighted by molar-refractivity contribution is -0.186. The van der Waals surface area contributed by atoms with E-state index < -0.39 is 38.4 Å². The minimum atomic E-state index is -5.71. The molecule has 2 rings (SSSR count). The van der Waals surface area contributed by atoms with Crippen LogP contribution in [0.4, 0.5) is 13.2 Å². The molecule has 0 amide bonds. The van der Waals surface area contributed by atoms with Gasteiger partial charge in [0, 0.05) is 11.8 Å². The number of carbonyl (C=O) groups is 2. The van der Waals surface area contributed by atoms with Crippen LogP contribution in [0.5, 0.6) is 0 Å². The molecule has 0 bridgehead atoms. The standard InChI is InChI=1S/C12H13F3O7S/c1-20-8(16)11(9(17)21-2)5-10(6-11)3-7(4-10)22-23(18,19)12(13,14)15/h3H,4-6H2,1-2H3. The molecular formula is C12H13F3O7S. The molecule has 1 fully saturated rings. The summed E-state index contributed by atoms with van der Waals surface area (Å²) >= 11 is 0. The zero-order chi connectivity index (χ0) is 17.7. The fraction of sp³-hybridized carbons (Fsp3) is 0.667. The van der Waals surface area contributed by atoms with Crippen molar-refractivity contribution >= 4 is 22.1 Å². The van der Waals surface area contributed by atoms with Crippen LogP contribution in [0.25, 0.3) is 0 Å². The van der Waals surface area contributed by atoms with Crippen molar-refractivity contribution in [1.82, 2.24) is 0 Å². The fourth-order valence-electron chi connectivity index (χ4n) is 3.04. The van der Waals surface area contributed by atoms with Crippen LogP contribution in [0.15, 0.2) is 11.8 Å². The van der Waals surface area contributed by atoms with E-state index in [1.54, 1.807) is 0 Å². The van der Waals surface area contributed by atoms with Gasteiger partial charge in [-0.1, -0.05) is 0 Å². The fourth-order valence-corrected chi connectivity index (χ4v) is 3.52. The molecule has 0 aromatic heterocycles. The minimum Gasteiger partial charge on any atom is -0.468 e. The van der Waals surface area contributed by atoms with Gasteiger partial charge in [-0.2, -0.15) is 21.6 Å². The van der Waals surface area contributed by atoms with Crippen LogP contribution >= 0.6 is 0 Å². The number of esters is 2. The number of allylic oxidation sites excluding steroid dienone is 2. The summed E-state index contributed by atoms with van der Waals surface area (Å²) in [6.45, 7) is 0. The topological polar surface area (TPSA) is 96.0 Å². The van der Waals surface area contributed by atoms with Gasteiger partial charge in [0.2, 0.25) is 0 Å². The number of hydrogen-bond acceptors (Lipinski definition) is 7. The first-order valence-corrected chi connectivity index (χ1v) is 7.72. The largest absolute Gasteiger partial charge is 0.534 e. The predicted octanol–water partition coefficient (Wildman–Crippen LogP) is 1.25. The first-order valence-electron chi connectivity index (χ1n) is 6.31. The molecule has 0 aromatic carbocycles. The smallest absolute Gasteiger partial charge is 0.468 e. The van der Waals surface area contributed by atoms with E-state index in [9.17, 15) is 31.2 Å². The van der Waals surface area contributed by atoms with Gasteiger partial charge < -0.3 is 13.7 Å². The maximum atomic E-state index is 12.2. The Labute approximate surface area is 129 Å². The number of alkyl halides is 3. The molecule has 1 saturated carbocycles. The third kappa shape index (κ3) is 2.66. The van der Waals surface area contributed by atoms with Crippen LogP contribution in [0.3, 0.4) is 0 Å². The highest BCUT2D eigenvalue weighted by Crippen LogP contribution is 2.64. The van der Waals surface area contributed by atoms with Crippen molar-refractivity contribution in [2.75, 3.05) is 14.2 Å². The van der Waals surface area contributed by atoms with Gasteiger partial charge in [-0.3, -0.25) is 9.59 Å². The van der Waals surface area contributed by atoms with Crippen LogP contribution in [0, 0.1) is 10.8 Å². The molecule has 0 radical (unpaired) electrons. The van der Waals surface area contributed by atoms with Crippen molar-refractivity contribution in [2.24, 2.45) is 10.8 Å². The Morgan fingerprint density at radius 1 is 1.13 bits per heavy atom. The van der Waals surface area contributed by atoms with Crippen molar-refractivity contribution in [3.8, 4) is 0 Å². The monoisotopic (exact) mass is 358 g/mol. The molecule has 23 heavy (non-hydrogen) atoms.